The number of benzene rings is 3. The van der Waals surface area contributed by atoms with Crippen LogP contribution in [0.4, 0.5) is 25.1 Å². The van der Waals surface area contributed by atoms with E-state index in [2.05, 4.69) is 25.2 Å². The molecule has 2 unspecified atom stereocenters. The standard InChI is InChI=1S/C46H48F2N10O7S/c1-54-37-17-38(35(48)16-32(37)42(53-54)57-10-6-40(59)52-44(57)61)56-23-46(24-56)18-26(19-46)55-11-8-45(9-12-55)20-27(21-45)58-25-51-36-5-2-28(14-31(36)43(58)60)65-41-33(22-49)30(3-4-34(41)47)39-15-29(7-13-64-39)66(50,62)63/h2-5,14,16-17,25-27,29,39H,6-13,15,18-21,23-24H2,1H3,(H2,50,62,63)(H,52,59,61). The van der Waals surface area contributed by atoms with Crippen molar-refractivity contribution in [2.45, 2.75) is 81.2 Å². The highest BCUT2D eigenvalue weighted by Gasteiger charge is 2.56. The number of carbonyl (C=O) groups is 2. The van der Waals surface area contributed by atoms with E-state index in [1.807, 2.05) is 12.1 Å². The number of fused-ring (bicyclic) bond motifs is 2. The summed E-state index contributed by atoms with van der Waals surface area (Å²) in [5.74, 6) is -1.38. The molecular weight excluding hydrogens is 875 g/mol. The van der Waals surface area contributed by atoms with Crippen LogP contribution in [0.5, 0.6) is 11.5 Å². The SMILES string of the molecule is Cn1nc(N2CCC(=O)NC2=O)c2cc(F)c(N3CC4(CC(N5CCC6(CC5)CC(n5cnc7ccc(Oc8c(F)ccc(C9CC(S(N)(=O)=O)CCO9)c8C#N)cc7c5=O)C6)C4)C3)cc21. The zero-order valence-electron chi connectivity index (χ0n) is 36.2. The van der Waals surface area contributed by atoms with Crippen molar-refractivity contribution in [3.05, 3.63) is 81.9 Å². The smallest absolute Gasteiger partial charge is 0.329 e. The lowest BCUT2D eigenvalue weighted by Crippen LogP contribution is -2.67. The van der Waals surface area contributed by atoms with E-state index in [0.717, 1.165) is 70.8 Å². The van der Waals surface area contributed by atoms with Crippen molar-refractivity contribution in [1.82, 2.24) is 29.5 Å². The molecule has 2 atom stereocenters. The number of nitriles is 1. The first kappa shape index (κ1) is 42.6. The van der Waals surface area contributed by atoms with Crippen LogP contribution in [0.1, 0.15) is 81.1 Å². The first-order chi connectivity index (χ1) is 31.6. The Bertz CT molecular complexity index is 3070. The van der Waals surface area contributed by atoms with Gasteiger partial charge in [0, 0.05) is 68.2 Å². The lowest BCUT2D eigenvalue weighted by atomic mass is 9.57. The predicted molar refractivity (Wildman–Crippen MR) is 237 cm³/mol. The van der Waals surface area contributed by atoms with E-state index < -0.39 is 33.2 Å². The summed E-state index contributed by atoms with van der Waals surface area (Å²) in [6, 6.07) is 12.4. The Morgan fingerprint density at radius 1 is 0.955 bits per heavy atom. The number of aryl methyl sites for hydroxylation is 1. The third-order valence-corrected chi connectivity index (χ3v) is 16.7. The van der Waals surface area contributed by atoms with E-state index in [1.165, 1.54) is 23.1 Å². The van der Waals surface area contributed by atoms with E-state index in [4.69, 9.17) is 14.6 Å². The number of urea groups is 1. The van der Waals surface area contributed by atoms with Gasteiger partial charge in [-0.1, -0.05) is 6.07 Å². The summed E-state index contributed by atoms with van der Waals surface area (Å²) in [6.07, 6.45) is 7.12. The van der Waals surface area contributed by atoms with Crippen LogP contribution >= 0.6 is 0 Å². The fraction of sp³-hybridized carbons (Fsp3) is 0.478. The maximum atomic E-state index is 15.7. The number of anilines is 2. The van der Waals surface area contributed by atoms with Gasteiger partial charge in [0.1, 0.15) is 23.2 Å². The molecular formula is C46H48F2N10O7S. The molecule has 3 N–H and O–H groups in total. The maximum Gasteiger partial charge on any atom is 0.329 e. The van der Waals surface area contributed by atoms with Crippen LogP contribution in [0.25, 0.3) is 21.8 Å². The average Bonchev–Trinajstić information content (AvgIpc) is 3.56. The molecule has 3 amide bonds. The van der Waals surface area contributed by atoms with E-state index >= 15 is 8.78 Å². The molecule has 2 spiro atoms. The fourth-order valence-corrected chi connectivity index (χ4v) is 12.5. The molecule has 2 aliphatic carbocycles. The Kier molecular flexibility index (Phi) is 10.0. The molecule has 66 heavy (non-hydrogen) atoms. The topological polar surface area (TPSA) is 211 Å². The van der Waals surface area contributed by atoms with Gasteiger partial charge in [-0.3, -0.25) is 29.1 Å². The highest BCUT2D eigenvalue weighted by atomic mass is 32.2. The Hall–Kier alpha value is -6.01. The van der Waals surface area contributed by atoms with Crippen molar-refractivity contribution >= 4 is 55.3 Å². The van der Waals surface area contributed by atoms with Gasteiger partial charge < -0.3 is 19.3 Å². The zero-order valence-corrected chi connectivity index (χ0v) is 37.0. The van der Waals surface area contributed by atoms with Gasteiger partial charge in [-0.2, -0.15) is 10.4 Å². The zero-order chi connectivity index (χ0) is 45.9. The molecule has 17 nitrogen and oxygen atoms in total. The first-order valence-corrected chi connectivity index (χ1v) is 24.0. The fourth-order valence-electron chi connectivity index (χ4n) is 11.6. The Morgan fingerprint density at radius 3 is 2.44 bits per heavy atom. The van der Waals surface area contributed by atoms with Gasteiger partial charge in [0.05, 0.1) is 39.8 Å². The summed E-state index contributed by atoms with van der Waals surface area (Å²) < 4.78 is 70.3. The quantitative estimate of drug-likeness (QED) is 0.204. The number of halogens is 2. The van der Waals surface area contributed by atoms with Crippen molar-refractivity contribution in [3.63, 3.8) is 0 Å². The molecule has 5 aromatic rings. The minimum absolute atomic E-state index is 0.0117. The molecule has 344 valence electrons. The van der Waals surface area contributed by atoms with Crippen molar-refractivity contribution < 1.29 is 36.3 Å². The number of sulfonamides is 1. The molecule has 6 aliphatic rings. The number of carbonyl (C=O) groups excluding carboxylic acids is 2. The Labute approximate surface area is 378 Å². The minimum Gasteiger partial charge on any atom is -0.453 e. The number of likely N-dealkylation sites (tertiary alicyclic amines) is 1. The molecule has 4 saturated heterocycles. The predicted octanol–water partition coefficient (Wildman–Crippen LogP) is 5.27. The van der Waals surface area contributed by atoms with Crippen molar-refractivity contribution in [2.75, 3.05) is 49.1 Å². The second-order valence-electron chi connectivity index (χ2n) is 19.3. The van der Waals surface area contributed by atoms with E-state index in [9.17, 15) is 28.1 Å². The van der Waals surface area contributed by atoms with Crippen molar-refractivity contribution in [3.8, 4) is 17.6 Å². The van der Waals surface area contributed by atoms with Crippen LogP contribution < -0.4 is 30.6 Å². The number of nitrogens with two attached hydrogens (primary N) is 1. The highest BCUT2D eigenvalue weighted by molar-refractivity contribution is 7.89. The monoisotopic (exact) mass is 922 g/mol. The van der Waals surface area contributed by atoms with Crippen LogP contribution in [0.15, 0.2) is 53.6 Å². The first-order valence-electron chi connectivity index (χ1n) is 22.4. The number of hydrogen-bond donors (Lipinski definition) is 2. The average molecular weight is 923 g/mol. The second-order valence-corrected chi connectivity index (χ2v) is 21.2. The maximum absolute atomic E-state index is 15.7. The summed E-state index contributed by atoms with van der Waals surface area (Å²) >= 11 is 0. The molecule has 11 rings (SSSR count). The van der Waals surface area contributed by atoms with Crippen LogP contribution in [-0.4, -0.2) is 95.2 Å². The largest absolute Gasteiger partial charge is 0.453 e. The highest BCUT2D eigenvalue weighted by Crippen LogP contribution is 2.57. The number of primary sulfonamides is 1. The summed E-state index contributed by atoms with van der Waals surface area (Å²) in [7, 11) is -2.08. The molecule has 20 heteroatoms. The Morgan fingerprint density at radius 2 is 1.71 bits per heavy atom. The lowest BCUT2D eigenvalue weighted by molar-refractivity contribution is -0.120. The number of hydrogen-bond acceptors (Lipinski definition) is 12. The van der Waals surface area contributed by atoms with Gasteiger partial charge >= 0.3 is 6.03 Å². The van der Waals surface area contributed by atoms with E-state index in [1.54, 1.807) is 34.8 Å². The molecule has 6 heterocycles. The van der Waals surface area contributed by atoms with Crippen LogP contribution in [0, 0.1) is 33.8 Å². The van der Waals surface area contributed by atoms with Gasteiger partial charge in [0.2, 0.25) is 15.9 Å². The van der Waals surface area contributed by atoms with Gasteiger partial charge in [-0.05, 0) is 106 Å². The number of imide groups is 1. The van der Waals surface area contributed by atoms with E-state index in [0.29, 0.717) is 39.4 Å². The molecule has 0 bridgehead atoms. The van der Waals surface area contributed by atoms with Crippen molar-refractivity contribution in [2.24, 2.45) is 23.0 Å². The molecule has 6 fully saturated rings. The summed E-state index contributed by atoms with van der Waals surface area (Å²) in [6.45, 7) is 3.83. The number of nitrogens with zero attached hydrogens (tertiary/aromatic N) is 8. The molecule has 2 saturated carbocycles. The van der Waals surface area contributed by atoms with Crippen LogP contribution in [-0.2, 0) is 26.6 Å². The summed E-state index contributed by atoms with van der Waals surface area (Å²) in [5.41, 5.74) is 1.94. The van der Waals surface area contributed by atoms with Crippen LogP contribution in [0.2, 0.25) is 0 Å². The second kappa shape index (κ2) is 15.5. The number of nitrogens with one attached hydrogen (secondary N) is 1. The van der Waals surface area contributed by atoms with Gasteiger partial charge in [-0.15, -0.1) is 0 Å². The number of rotatable bonds is 8. The van der Waals surface area contributed by atoms with Gasteiger partial charge in [-0.25, -0.2) is 32.1 Å². The number of piperidine rings is 1. The molecule has 2 aromatic heterocycles. The third-order valence-electron chi connectivity index (χ3n) is 15.3. The molecule has 0 radical (unpaired) electrons. The molecule has 3 aromatic carbocycles. The lowest BCUT2D eigenvalue weighted by Gasteiger charge is -2.63. The van der Waals surface area contributed by atoms with Gasteiger partial charge in [0.15, 0.2) is 17.4 Å². The number of amides is 3. The van der Waals surface area contributed by atoms with E-state index in [-0.39, 0.29) is 89.2 Å². The number of ether oxygens (including phenoxy) is 2. The summed E-state index contributed by atoms with van der Waals surface area (Å²) in [4.78, 5) is 48.8. The minimum atomic E-state index is -3.85. The van der Waals surface area contributed by atoms with Gasteiger partial charge in [0.25, 0.3) is 5.56 Å². The third kappa shape index (κ3) is 7.18. The normalized spacial score (nSPS) is 23.4. The number of aromatic nitrogens is 4. The summed E-state index contributed by atoms with van der Waals surface area (Å²) in [5, 5.41) is 22.3. The molecule has 4 aliphatic heterocycles. The van der Waals surface area contributed by atoms with Crippen molar-refractivity contribution in [1.29, 1.82) is 5.26 Å². The van der Waals surface area contributed by atoms with Crippen LogP contribution in [0.3, 0.4) is 0 Å². The Balaban J connectivity index is 0.702.